The predicted molar refractivity (Wildman–Crippen MR) is 106 cm³/mol. The maximum absolute atomic E-state index is 12.1. The minimum Gasteiger partial charge on any atom is -0.330 e. The zero-order chi connectivity index (χ0) is 18.4. The molecule has 4 nitrogen and oxygen atoms in total. The van der Waals surface area contributed by atoms with Crippen LogP contribution in [0.3, 0.4) is 0 Å². The summed E-state index contributed by atoms with van der Waals surface area (Å²) in [5.41, 5.74) is 2.97. The van der Waals surface area contributed by atoms with Gasteiger partial charge in [-0.15, -0.1) is 0 Å². The van der Waals surface area contributed by atoms with Crippen molar-refractivity contribution in [3.05, 3.63) is 90.5 Å². The second-order valence-corrected chi connectivity index (χ2v) is 6.55. The first-order valence-electron chi connectivity index (χ1n) is 8.75. The molecule has 1 unspecified atom stereocenters. The highest BCUT2D eigenvalue weighted by molar-refractivity contribution is 6.01. The van der Waals surface area contributed by atoms with Crippen LogP contribution in [0, 0.1) is 5.92 Å². The molecule has 0 spiro atoms. The summed E-state index contributed by atoms with van der Waals surface area (Å²) < 4.78 is 2.11. The number of nitrogens with one attached hydrogen (secondary N) is 1. The van der Waals surface area contributed by atoms with Crippen molar-refractivity contribution in [1.29, 1.82) is 0 Å². The number of carbonyl (C=O) groups excluding carboxylic acids is 1. The molecular weight excluding hydrogens is 322 g/mol. The highest BCUT2D eigenvalue weighted by atomic mass is 16.1. The standard InChI is InChI=1S/C22H23N3O/c1-17(2)22(25-15-14-23-16-25)19-9-11-20(12-10-19)24-21(26)13-8-18-6-4-3-5-7-18/h3-17,22H,1-2H3,(H,24,26). The van der Waals surface area contributed by atoms with Gasteiger partial charge >= 0.3 is 0 Å². The van der Waals surface area contributed by atoms with E-state index in [4.69, 9.17) is 0 Å². The van der Waals surface area contributed by atoms with Crippen LogP contribution in [0.5, 0.6) is 0 Å². The Labute approximate surface area is 154 Å². The van der Waals surface area contributed by atoms with E-state index in [2.05, 4.69) is 40.8 Å². The van der Waals surface area contributed by atoms with Crippen molar-refractivity contribution in [2.45, 2.75) is 19.9 Å². The van der Waals surface area contributed by atoms with E-state index in [0.717, 1.165) is 11.3 Å². The normalized spacial score (nSPS) is 12.4. The molecule has 26 heavy (non-hydrogen) atoms. The number of nitrogens with zero attached hydrogens (tertiary/aromatic N) is 2. The molecule has 0 radical (unpaired) electrons. The molecule has 0 bridgehead atoms. The molecule has 132 valence electrons. The van der Waals surface area contributed by atoms with Gasteiger partial charge in [0.15, 0.2) is 0 Å². The SMILES string of the molecule is CC(C)C(c1ccc(NC(=O)C=Cc2ccccc2)cc1)n1ccnc1. The first-order chi connectivity index (χ1) is 12.6. The van der Waals surface area contributed by atoms with E-state index in [9.17, 15) is 4.79 Å². The van der Waals surface area contributed by atoms with Gasteiger partial charge in [-0.3, -0.25) is 4.79 Å². The van der Waals surface area contributed by atoms with Gasteiger partial charge < -0.3 is 9.88 Å². The summed E-state index contributed by atoms with van der Waals surface area (Å²) in [6.07, 6.45) is 8.97. The van der Waals surface area contributed by atoms with Crippen molar-refractivity contribution in [3.8, 4) is 0 Å². The van der Waals surface area contributed by atoms with E-state index in [1.807, 2.05) is 55.0 Å². The number of carbonyl (C=O) groups is 1. The van der Waals surface area contributed by atoms with Gasteiger partial charge in [0.25, 0.3) is 0 Å². The molecule has 3 rings (SSSR count). The third-order valence-electron chi connectivity index (χ3n) is 4.22. The van der Waals surface area contributed by atoms with Gasteiger partial charge in [0.05, 0.1) is 12.4 Å². The third-order valence-corrected chi connectivity index (χ3v) is 4.22. The van der Waals surface area contributed by atoms with E-state index in [0.29, 0.717) is 5.92 Å². The number of anilines is 1. The number of hydrogen-bond donors (Lipinski definition) is 1. The fraction of sp³-hybridized carbons (Fsp3) is 0.182. The number of benzene rings is 2. The molecule has 0 aliphatic carbocycles. The van der Waals surface area contributed by atoms with E-state index in [1.54, 1.807) is 18.3 Å². The lowest BCUT2D eigenvalue weighted by molar-refractivity contribution is -0.111. The van der Waals surface area contributed by atoms with E-state index >= 15 is 0 Å². The Morgan fingerprint density at radius 1 is 1.08 bits per heavy atom. The molecule has 0 saturated heterocycles. The molecule has 0 aliphatic heterocycles. The van der Waals surface area contributed by atoms with Crippen LogP contribution >= 0.6 is 0 Å². The van der Waals surface area contributed by atoms with Gasteiger partial charge in [-0.1, -0.05) is 56.3 Å². The van der Waals surface area contributed by atoms with Crippen LogP contribution in [0.1, 0.15) is 31.0 Å². The molecule has 1 N–H and O–H groups in total. The fourth-order valence-corrected chi connectivity index (χ4v) is 3.02. The summed E-state index contributed by atoms with van der Waals surface area (Å²) in [4.78, 5) is 16.2. The quantitative estimate of drug-likeness (QED) is 0.654. The zero-order valence-corrected chi connectivity index (χ0v) is 15.0. The van der Waals surface area contributed by atoms with Crippen molar-refractivity contribution in [3.63, 3.8) is 0 Å². The molecule has 1 amide bonds. The first kappa shape index (κ1) is 17.7. The minimum absolute atomic E-state index is 0.142. The molecule has 0 saturated carbocycles. The Hall–Kier alpha value is -3.14. The number of rotatable bonds is 6. The Morgan fingerprint density at radius 3 is 2.42 bits per heavy atom. The summed E-state index contributed by atoms with van der Waals surface area (Å²) >= 11 is 0. The Bertz CT molecular complexity index is 850. The summed E-state index contributed by atoms with van der Waals surface area (Å²) in [6, 6.07) is 18.0. The van der Waals surface area contributed by atoms with E-state index in [1.165, 1.54) is 5.56 Å². The molecule has 1 atom stereocenters. The minimum atomic E-state index is -0.142. The maximum atomic E-state index is 12.1. The van der Waals surface area contributed by atoms with Crippen molar-refractivity contribution in [2.24, 2.45) is 5.92 Å². The number of aromatic nitrogens is 2. The fourth-order valence-electron chi connectivity index (χ4n) is 3.02. The predicted octanol–water partition coefficient (Wildman–Crippen LogP) is 4.78. The smallest absolute Gasteiger partial charge is 0.248 e. The maximum Gasteiger partial charge on any atom is 0.248 e. The van der Waals surface area contributed by atoms with E-state index < -0.39 is 0 Å². The molecule has 3 aromatic rings. The van der Waals surface area contributed by atoms with E-state index in [-0.39, 0.29) is 11.9 Å². The lowest BCUT2D eigenvalue weighted by Gasteiger charge is -2.23. The summed E-state index contributed by atoms with van der Waals surface area (Å²) in [5.74, 6) is 0.287. The zero-order valence-electron chi connectivity index (χ0n) is 15.0. The Kier molecular flexibility index (Phi) is 5.64. The molecule has 0 fully saturated rings. The monoisotopic (exact) mass is 345 g/mol. The molecule has 4 heteroatoms. The van der Waals surface area contributed by atoms with Crippen LogP contribution in [0.4, 0.5) is 5.69 Å². The van der Waals surface area contributed by atoms with Crippen molar-refractivity contribution < 1.29 is 4.79 Å². The van der Waals surface area contributed by atoms with Gasteiger partial charge in [-0.2, -0.15) is 0 Å². The number of imidazole rings is 1. The topological polar surface area (TPSA) is 46.9 Å². The summed E-state index contributed by atoms with van der Waals surface area (Å²) in [5, 5.41) is 2.90. The van der Waals surface area contributed by atoms with Gasteiger partial charge in [-0.05, 0) is 35.3 Å². The van der Waals surface area contributed by atoms with Gasteiger partial charge in [0.1, 0.15) is 0 Å². The molecule has 0 aliphatic rings. The molecule has 2 aromatic carbocycles. The lowest BCUT2D eigenvalue weighted by atomic mass is 9.95. The average Bonchev–Trinajstić information content (AvgIpc) is 3.16. The van der Waals surface area contributed by atoms with Crippen LogP contribution in [-0.2, 0) is 4.79 Å². The van der Waals surface area contributed by atoms with Gasteiger partial charge in [0, 0.05) is 24.2 Å². The third kappa shape index (κ3) is 4.48. The first-order valence-corrected chi connectivity index (χ1v) is 8.75. The molecule has 1 aromatic heterocycles. The van der Waals surface area contributed by atoms with Crippen molar-refractivity contribution in [2.75, 3.05) is 5.32 Å². The van der Waals surface area contributed by atoms with Crippen molar-refractivity contribution >= 4 is 17.7 Å². The molecule has 1 heterocycles. The van der Waals surface area contributed by atoms with Gasteiger partial charge in [0.2, 0.25) is 5.91 Å². The second kappa shape index (κ2) is 8.30. The van der Waals surface area contributed by atoms with Crippen LogP contribution in [0.25, 0.3) is 6.08 Å². The largest absolute Gasteiger partial charge is 0.330 e. The summed E-state index contributed by atoms with van der Waals surface area (Å²) in [7, 11) is 0. The van der Waals surface area contributed by atoms with Crippen LogP contribution < -0.4 is 5.32 Å². The second-order valence-electron chi connectivity index (χ2n) is 6.55. The molecular formula is C22H23N3O. The highest BCUT2D eigenvalue weighted by Gasteiger charge is 2.17. The van der Waals surface area contributed by atoms with Crippen molar-refractivity contribution in [1.82, 2.24) is 9.55 Å². The summed E-state index contributed by atoms with van der Waals surface area (Å²) in [6.45, 7) is 4.38. The van der Waals surface area contributed by atoms with Crippen LogP contribution in [0.15, 0.2) is 79.4 Å². The van der Waals surface area contributed by atoms with Gasteiger partial charge in [-0.25, -0.2) is 4.98 Å². The Balaban J connectivity index is 1.67. The lowest BCUT2D eigenvalue weighted by Crippen LogP contribution is -2.15. The highest BCUT2D eigenvalue weighted by Crippen LogP contribution is 2.27. The average molecular weight is 345 g/mol. The number of amides is 1. The Morgan fingerprint density at radius 2 is 1.81 bits per heavy atom. The van der Waals surface area contributed by atoms with Crippen LogP contribution in [0.2, 0.25) is 0 Å². The van der Waals surface area contributed by atoms with Crippen LogP contribution in [-0.4, -0.2) is 15.5 Å². The number of hydrogen-bond acceptors (Lipinski definition) is 2.